The highest BCUT2D eigenvalue weighted by Gasteiger charge is 2.31. The predicted molar refractivity (Wildman–Crippen MR) is 84.1 cm³/mol. The maximum Gasteiger partial charge on any atom is 0.243 e. The summed E-state index contributed by atoms with van der Waals surface area (Å²) in [6, 6.07) is 5.12. The van der Waals surface area contributed by atoms with Gasteiger partial charge in [0.2, 0.25) is 10.0 Å². The minimum absolute atomic E-state index is 0.366. The van der Waals surface area contributed by atoms with Crippen molar-refractivity contribution < 1.29 is 13.2 Å². The monoisotopic (exact) mass is 311 g/mol. The van der Waals surface area contributed by atoms with E-state index < -0.39 is 10.0 Å². The van der Waals surface area contributed by atoms with Gasteiger partial charge in [-0.1, -0.05) is 13.8 Å². The summed E-state index contributed by atoms with van der Waals surface area (Å²) >= 11 is 0. The zero-order valence-corrected chi connectivity index (χ0v) is 14.1. The third kappa shape index (κ3) is 3.58. The Morgan fingerprint density at radius 2 is 1.86 bits per heavy atom. The molecule has 1 aliphatic heterocycles. The van der Waals surface area contributed by atoms with Crippen molar-refractivity contribution in [3.05, 3.63) is 23.8 Å². The van der Waals surface area contributed by atoms with Gasteiger partial charge in [0.25, 0.3) is 0 Å². The van der Waals surface area contributed by atoms with Crippen LogP contribution < -0.4 is 4.74 Å². The van der Waals surface area contributed by atoms with Crippen molar-refractivity contribution in [1.29, 1.82) is 0 Å². The molecule has 1 saturated heterocycles. The molecule has 4 nitrogen and oxygen atoms in total. The molecule has 0 radical (unpaired) electrons. The van der Waals surface area contributed by atoms with Crippen molar-refractivity contribution >= 4 is 10.0 Å². The fraction of sp³-hybridized carbons (Fsp3) is 0.625. The molecule has 21 heavy (non-hydrogen) atoms. The minimum atomic E-state index is -3.40. The number of nitrogens with zero attached hydrogens (tertiary/aromatic N) is 1. The molecule has 5 heteroatoms. The van der Waals surface area contributed by atoms with Crippen LogP contribution in [0.2, 0.25) is 0 Å². The Kier molecular flexibility index (Phi) is 4.94. The fourth-order valence-electron chi connectivity index (χ4n) is 3.05. The summed E-state index contributed by atoms with van der Waals surface area (Å²) in [5.74, 6) is 1.57. The molecule has 1 fully saturated rings. The van der Waals surface area contributed by atoms with Crippen LogP contribution in [-0.2, 0) is 10.0 Å². The molecule has 2 atom stereocenters. The Morgan fingerprint density at radius 3 is 2.38 bits per heavy atom. The minimum Gasteiger partial charge on any atom is -0.494 e. The molecule has 0 spiro atoms. The van der Waals surface area contributed by atoms with Crippen LogP contribution in [0.5, 0.6) is 5.75 Å². The van der Waals surface area contributed by atoms with Gasteiger partial charge in [0, 0.05) is 13.1 Å². The van der Waals surface area contributed by atoms with Crippen LogP contribution in [0.3, 0.4) is 0 Å². The maximum absolute atomic E-state index is 12.8. The lowest BCUT2D eigenvalue weighted by molar-refractivity contribution is 0.222. The van der Waals surface area contributed by atoms with E-state index in [2.05, 4.69) is 13.8 Å². The van der Waals surface area contributed by atoms with Crippen LogP contribution in [0, 0.1) is 18.8 Å². The van der Waals surface area contributed by atoms with Crippen molar-refractivity contribution in [1.82, 2.24) is 4.31 Å². The van der Waals surface area contributed by atoms with Gasteiger partial charge in [-0.2, -0.15) is 4.31 Å². The highest BCUT2D eigenvalue weighted by atomic mass is 32.2. The second-order valence-electron chi connectivity index (χ2n) is 6.13. The first kappa shape index (κ1) is 16.3. The molecule has 1 aromatic carbocycles. The lowest BCUT2D eigenvalue weighted by Gasteiger charge is -2.34. The second kappa shape index (κ2) is 6.36. The number of benzene rings is 1. The Morgan fingerprint density at radius 1 is 1.24 bits per heavy atom. The zero-order chi connectivity index (χ0) is 15.6. The van der Waals surface area contributed by atoms with Crippen LogP contribution in [0.25, 0.3) is 0 Å². The predicted octanol–water partition coefficient (Wildman–Crippen LogP) is 3.06. The third-order valence-electron chi connectivity index (χ3n) is 3.92. The van der Waals surface area contributed by atoms with Gasteiger partial charge in [0.15, 0.2) is 0 Å². The smallest absolute Gasteiger partial charge is 0.243 e. The molecule has 0 saturated carbocycles. The van der Waals surface area contributed by atoms with Gasteiger partial charge in [0.1, 0.15) is 5.75 Å². The van der Waals surface area contributed by atoms with E-state index in [0.29, 0.717) is 36.4 Å². The summed E-state index contributed by atoms with van der Waals surface area (Å²) < 4.78 is 32.7. The first-order valence-electron chi connectivity index (χ1n) is 7.58. The first-order chi connectivity index (χ1) is 9.84. The number of rotatable bonds is 4. The van der Waals surface area contributed by atoms with Crippen LogP contribution in [0.15, 0.2) is 23.1 Å². The number of sulfonamides is 1. The van der Waals surface area contributed by atoms with Crippen LogP contribution >= 0.6 is 0 Å². The second-order valence-corrected chi connectivity index (χ2v) is 8.07. The average molecular weight is 311 g/mol. The van der Waals surface area contributed by atoms with Crippen molar-refractivity contribution in [3.8, 4) is 5.75 Å². The Bertz CT molecular complexity index is 588. The molecular formula is C16H25NO3S. The van der Waals surface area contributed by atoms with Gasteiger partial charge in [-0.3, -0.25) is 0 Å². The SMILES string of the molecule is CCOc1ccc(S(=O)(=O)N2C[C@@H](C)C[C@H](C)C2)cc1C. The largest absolute Gasteiger partial charge is 0.494 e. The van der Waals surface area contributed by atoms with Crippen molar-refractivity contribution in [2.75, 3.05) is 19.7 Å². The molecule has 0 unspecified atom stereocenters. The van der Waals surface area contributed by atoms with Crippen LogP contribution in [0.1, 0.15) is 32.8 Å². The lowest BCUT2D eigenvalue weighted by Crippen LogP contribution is -2.42. The molecule has 0 aromatic heterocycles. The number of piperidine rings is 1. The number of aryl methyl sites for hydroxylation is 1. The highest BCUT2D eigenvalue weighted by molar-refractivity contribution is 7.89. The van der Waals surface area contributed by atoms with E-state index in [1.54, 1.807) is 22.5 Å². The van der Waals surface area contributed by atoms with E-state index in [-0.39, 0.29) is 0 Å². The van der Waals surface area contributed by atoms with Gasteiger partial charge >= 0.3 is 0 Å². The van der Waals surface area contributed by atoms with Crippen LogP contribution in [-0.4, -0.2) is 32.4 Å². The standard InChI is InChI=1S/C16H25NO3S/c1-5-20-16-7-6-15(9-14(16)4)21(18,19)17-10-12(2)8-13(3)11-17/h6-7,9,12-13H,5,8,10-11H2,1-4H3/t12-,13-/m0/s1. The molecular weight excluding hydrogens is 286 g/mol. The van der Waals surface area contributed by atoms with Gasteiger partial charge in [0.05, 0.1) is 11.5 Å². The average Bonchev–Trinajstić information content (AvgIpc) is 2.40. The maximum atomic E-state index is 12.8. The number of hydrogen-bond donors (Lipinski definition) is 0. The zero-order valence-electron chi connectivity index (χ0n) is 13.3. The molecule has 0 aliphatic carbocycles. The number of hydrogen-bond acceptors (Lipinski definition) is 3. The topological polar surface area (TPSA) is 46.6 Å². The van der Waals surface area contributed by atoms with Crippen LogP contribution in [0.4, 0.5) is 0 Å². The molecule has 0 amide bonds. The van der Waals surface area contributed by atoms with Gasteiger partial charge < -0.3 is 4.74 Å². The lowest BCUT2D eigenvalue weighted by atomic mass is 9.94. The van der Waals surface area contributed by atoms with E-state index in [0.717, 1.165) is 17.7 Å². The molecule has 118 valence electrons. The van der Waals surface area contributed by atoms with Crippen molar-refractivity contribution in [2.45, 2.75) is 39.0 Å². The van der Waals surface area contributed by atoms with E-state index in [9.17, 15) is 8.42 Å². The first-order valence-corrected chi connectivity index (χ1v) is 9.02. The van der Waals surface area contributed by atoms with E-state index in [1.165, 1.54) is 0 Å². The number of ether oxygens (including phenoxy) is 1. The molecule has 0 N–H and O–H groups in total. The summed E-state index contributed by atoms with van der Waals surface area (Å²) in [6.45, 7) is 9.82. The van der Waals surface area contributed by atoms with Crippen molar-refractivity contribution in [3.63, 3.8) is 0 Å². The van der Waals surface area contributed by atoms with Gasteiger partial charge in [-0.15, -0.1) is 0 Å². The van der Waals surface area contributed by atoms with Gasteiger partial charge in [-0.05, 0) is 55.9 Å². The van der Waals surface area contributed by atoms with E-state index >= 15 is 0 Å². The molecule has 1 aliphatic rings. The quantitative estimate of drug-likeness (QED) is 0.858. The molecule has 1 aromatic rings. The Balaban J connectivity index is 2.29. The Labute approximate surface area is 128 Å². The highest BCUT2D eigenvalue weighted by Crippen LogP contribution is 2.28. The van der Waals surface area contributed by atoms with Gasteiger partial charge in [-0.25, -0.2) is 8.42 Å². The fourth-order valence-corrected chi connectivity index (χ4v) is 4.82. The Hall–Kier alpha value is -1.07. The summed E-state index contributed by atoms with van der Waals surface area (Å²) in [5.41, 5.74) is 0.857. The summed E-state index contributed by atoms with van der Waals surface area (Å²) in [4.78, 5) is 0.366. The third-order valence-corrected chi connectivity index (χ3v) is 5.75. The molecule has 0 bridgehead atoms. The molecule has 2 rings (SSSR count). The summed E-state index contributed by atoms with van der Waals surface area (Å²) in [5, 5.41) is 0. The van der Waals surface area contributed by atoms with E-state index in [1.807, 2.05) is 13.8 Å². The summed E-state index contributed by atoms with van der Waals surface area (Å²) in [7, 11) is -3.40. The van der Waals surface area contributed by atoms with E-state index in [4.69, 9.17) is 4.74 Å². The normalized spacial score (nSPS) is 24.0. The summed E-state index contributed by atoms with van der Waals surface area (Å²) in [6.07, 6.45) is 1.09. The van der Waals surface area contributed by atoms with Crippen molar-refractivity contribution in [2.24, 2.45) is 11.8 Å². The molecule has 1 heterocycles.